The lowest BCUT2D eigenvalue weighted by Crippen LogP contribution is -2.17. The first-order valence-electron chi connectivity index (χ1n) is 6.51. The molecule has 0 aromatic heterocycles. The molecule has 1 radical (unpaired) electrons. The molecule has 0 amide bonds. The van der Waals surface area contributed by atoms with Gasteiger partial charge in [-0.1, -0.05) is 47.6 Å². The number of hydrogen-bond acceptors (Lipinski definition) is 1. The zero-order chi connectivity index (χ0) is 14.0. The van der Waals surface area contributed by atoms with E-state index in [0.29, 0.717) is 0 Å². The molecular formula is C16H25O2. The van der Waals surface area contributed by atoms with Gasteiger partial charge in [-0.15, -0.1) is 0 Å². The van der Waals surface area contributed by atoms with Crippen molar-refractivity contribution in [1.29, 1.82) is 0 Å². The Labute approximate surface area is 111 Å². The van der Waals surface area contributed by atoms with Gasteiger partial charge in [0.15, 0.2) is 0 Å². The lowest BCUT2D eigenvalue weighted by molar-refractivity contribution is 0.138. The van der Waals surface area contributed by atoms with Crippen LogP contribution in [-0.4, -0.2) is 13.2 Å². The summed E-state index contributed by atoms with van der Waals surface area (Å²) in [4.78, 5) is 0. The molecule has 0 N–H and O–H groups in total. The number of ether oxygens (including phenoxy) is 1. The molecule has 0 aliphatic carbocycles. The monoisotopic (exact) mass is 249 g/mol. The summed E-state index contributed by atoms with van der Waals surface area (Å²) in [5.74, 6) is 0.809. The van der Waals surface area contributed by atoms with E-state index in [9.17, 15) is 5.11 Å². The maximum Gasteiger partial charge on any atom is 0.120 e. The van der Waals surface area contributed by atoms with E-state index in [4.69, 9.17) is 4.74 Å². The van der Waals surface area contributed by atoms with E-state index in [2.05, 4.69) is 47.6 Å². The Morgan fingerprint density at radius 2 is 1.33 bits per heavy atom. The van der Waals surface area contributed by atoms with Crippen LogP contribution in [0.2, 0.25) is 0 Å². The van der Waals surface area contributed by atoms with Crippen LogP contribution < -0.4 is 4.74 Å². The first-order valence-corrected chi connectivity index (χ1v) is 6.51. The summed E-state index contributed by atoms with van der Waals surface area (Å²) < 4.78 is 5.51. The molecule has 0 bridgehead atoms. The Bertz CT molecular complexity index is 362. The SMILES string of the molecule is CC(C)(C)c1cc(OCC[O])cc(C(C)(C)C)c1. The Morgan fingerprint density at radius 1 is 0.889 bits per heavy atom. The third kappa shape index (κ3) is 4.02. The van der Waals surface area contributed by atoms with Gasteiger partial charge in [0.1, 0.15) is 19.0 Å². The van der Waals surface area contributed by atoms with Gasteiger partial charge in [0, 0.05) is 0 Å². The van der Waals surface area contributed by atoms with Gasteiger partial charge in [-0.05, 0) is 34.1 Å². The Morgan fingerprint density at radius 3 is 1.67 bits per heavy atom. The van der Waals surface area contributed by atoms with Gasteiger partial charge >= 0.3 is 0 Å². The molecule has 0 atom stereocenters. The summed E-state index contributed by atoms with van der Waals surface area (Å²) in [6, 6.07) is 6.33. The van der Waals surface area contributed by atoms with E-state index in [1.807, 2.05) is 12.1 Å². The van der Waals surface area contributed by atoms with Crippen LogP contribution in [0.5, 0.6) is 5.75 Å². The second kappa shape index (κ2) is 5.31. The largest absolute Gasteiger partial charge is 0.491 e. The van der Waals surface area contributed by atoms with Gasteiger partial charge < -0.3 is 4.74 Å². The number of benzene rings is 1. The van der Waals surface area contributed by atoms with E-state index < -0.39 is 0 Å². The van der Waals surface area contributed by atoms with Crippen LogP contribution >= 0.6 is 0 Å². The molecule has 0 aliphatic rings. The van der Waals surface area contributed by atoms with Gasteiger partial charge in [-0.2, -0.15) is 0 Å². The van der Waals surface area contributed by atoms with Crippen molar-refractivity contribution in [3.63, 3.8) is 0 Å². The first-order chi connectivity index (χ1) is 8.14. The van der Waals surface area contributed by atoms with Crippen LogP contribution in [0.15, 0.2) is 18.2 Å². The molecule has 0 unspecified atom stereocenters. The summed E-state index contributed by atoms with van der Waals surface area (Å²) in [5, 5.41) is 10.5. The van der Waals surface area contributed by atoms with Crippen molar-refractivity contribution in [1.82, 2.24) is 0 Å². The van der Waals surface area contributed by atoms with Gasteiger partial charge in [0.05, 0.1) is 0 Å². The smallest absolute Gasteiger partial charge is 0.120 e. The highest BCUT2D eigenvalue weighted by Crippen LogP contribution is 2.32. The van der Waals surface area contributed by atoms with Crippen LogP contribution in [0.3, 0.4) is 0 Å². The normalized spacial score (nSPS) is 12.6. The summed E-state index contributed by atoms with van der Waals surface area (Å²) in [6.45, 7) is 13.1. The summed E-state index contributed by atoms with van der Waals surface area (Å²) in [5.41, 5.74) is 2.65. The van der Waals surface area contributed by atoms with Crippen LogP contribution in [0, 0.1) is 0 Å². The fraction of sp³-hybridized carbons (Fsp3) is 0.625. The lowest BCUT2D eigenvalue weighted by atomic mass is 9.80. The van der Waals surface area contributed by atoms with Gasteiger partial charge in [-0.25, -0.2) is 5.11 Å². The second-order valence-corrected chi connectivity index (χ2v) is 6.80. The lowest BCUT2D eigenvalue weighted by Gasteiger charge is -2.26. The minimum atomic E-state index is -0.204. The molecule has 1 rings (SSSR count). The fourth-order valence-corrected chi connectivity index (χ4v) is 1.71. The van der Waals surface area contributed by atoms with Crippen molar-refractivity contribution in [3.05, 3.63) is 29.3 Å². The molecule has 0 aliphatic heterocycles. The summed E-state index contributed by atoms with van der Waals surface area (Å²) >= 11 is 0. The van der Waals surface area contributed by atoms with Crippen LogP contribution in [-0.2, 0) is 15.9 Å². The average molecular weight is 249 g/mol. The van der Waals surface area contributed by atoms with Crippen molar-refractivity contribution in [3.8, 4) is 5.75 Å². The van der Waals surface area contributed by atoms with Crippen molar-refractivity contribution in [2.75, 3.05) is 13.2 Å². The van der Waals surface area contributed by atoms with E-state index in [-0.39, 0.29) is 24.0 Å². The third-order valence-corrected chi connectivity index (χ3v) is 2.99. The van der Waals surface area contributed by atoms with Crippen molar-refractivity contribution in [2.45, 2.75) is 52.4 Å². The highest BCUT2D eigenvalue weighted by molar-refractivity contribution is 5.40. The second-order valence-electron chi connectivity index (χ2n) is 6.80. The molecule has 2 nitrogen and oxygen atoms in total. The molecule has 0 spiro atoms. The van der Waals surface area contributed by atoms with Gasteiger partial charge in [0.25, 0.3) is 0 Å². The van der Waals surface area contributed by atoms with Gasteiger partial charge in [0.2, 0.25) is 0 Å². The predicted molar refractivity (Wildman–Crippen MR) is 74.9 cm³/mol. The standard InChI is InChI=1S/C16H25O2/c1-15(2,3)12-9-13(16(4,5)6)11-14(10-12)18-8-7-17/h9-11H,7-8H2,1-6H3. The van der Waals surface area contributed by atoms with E-state index >= 15 is 0 Å². The third-order valence-electron chi connectivity index (χ3n) is 2.99. The Kier molecular flexibility index (Phi) is 4.44. The Hall–Kier alpha value is -1.02. The molecular weight excluding hydrogens is 224 g/mol. The maximum absolute atomic E-state index is 10.5. The molecule has 1 aromatic carbocycles. The summed E-state index contributed by atoms with van der Waals surface area (Å²) in [6.07, 6.45) is 0. The minimum absolute atomic E-state index is 0.0802. The molecule has 2 heteroatoms. The van der Waals surface area contributed by atoms with Crippen molar-refractivity contribution < 1.29 is 9.84 Å². The molecule has 0 heterocycles. The number of rotatable bonds is 3. The zero-order valence-corrected chi connectivity index (χ0v) is 12.5. The Balaban J connectivity index is 3.21. The van der Waals surface area contributed by atoms with Crippen molar-refractivity contribution in [2.24, 2.45) is 0 Å². The van der Waals surface area contributed by atoms with Gasteiger partial charge in [-0.3, -0.25) is 0 Å². The van der Waals surface area contributed by atoms with Crippen LogP contribution in [0.25, 0.3) is 0 Å². The van der Waals surface area contributed by atoms with Crippen molar-refractivity contribution >= 4 is 0 Å². The molecule has 0 fully saturated rings. The molecule has 101 valence electrons. The molecule has 0 saturated heterocycles. The minimum Gasteiger partial charge on any atom is -0.491 e. The molecule has 1 aromatic rings. The zero-order valence-electron chi connectivity index (χ0n) is 12.5. The van der Waals surface area contributed by atoms with E-state index in [0.717, 1.165) is 5.75 Å². The highest BCUT2D eigenvalue weighted by Gasteiger charge is 2.20. The summed E-state index contributed by atoms with van der Waals surface area (Å²) in [7, 11) is 0. The molecule has 0 saturated carbocycles. The topological polar surface area (TPSA) is 29.1 Å². The number of hydrogen-bond donors (Lipinski definition) is 0. The average Bonchev–Trinajstić information content (AvgIpc) is 2.23. The first kappa shape index (κ1) is 15.0. The maximum atomic E-state index is 10.5. The molecule has 18 heavy (non-hydrogen) atoms. The quantitative estimate of drug-likeness (QED) is 0.793. The fourth-order valence-electron chi connectivity index (χ4n) is 1.71. The van der Waals surface area contributed by atoms with Crippen LogP contribution in [0.4, 0.5) is 0 Å². The highest BCUT2D eigenvalue weighted by atomic mass is 16.5. The van der Waals surface area contributed by atoms with E-state index in [1.165, 1.54) is 11.1 Å². The van der Waals surface area contributed by atoms with E-state index in [1.54, 1.807) is 0 Å². The van der Waals surface area contributed by atoms with Crippen LogP contribution in [0.1, 0.15) is 52.7 Å². The predicted octanol–water partition coefficient (Wildman–Crippen LogP) is 4.09.